The van der Waals surface area contributed by atoms with Gasteiger partial charge >= 0.3 is 12.1 Å². The molecule has 1 aromatic carbocycles. The molecule has 2 rings (SSSR count). The summed E-state index contributed by atoms with van der Waals surface area (Å²) in [5.41, 5.74) is -1.79. The quantitative estimate of drug-likeness (QED) is 0.851. The Labute approximate surface area is 99.1 Å². The number of hydrogen-bond donors (Lipinski definition) is 1. The van der Waals surface area contributed by atoms with Crippen LogP contribution in [0.25, 0.3) is 10.9 Å². The van der Waals surface area contributed by atoms with Gasteiger partial charge in [0.1, 0.15) is 5.82 Å². The van der Waals surface area contributed by atoms with Gasteiger partial charge in [-0.05, 0) is 13.0 Å². The van der Waals surface area contributed by atoms with Gasteiger partial charge < -0.3 is 5.11 Å². The van der Waals surface area contributed by atoms with Crippen molar-refractivity contribution in [3.63, 3.8) is 0 Å². The first-order valence-electron chi connectivity index (χ1n) is 4.88. The number of carbonyl (C=O) groups is 1. The fourth-order valence-corrected chi connectivity index (χ4v) is 1.66. The van der Waals surface area contributed by atoms with E-state index in [1.807, 2.05) is 0 Å². The van der Waals surface area contributed by atoms with Gasteiger partial charge in [-0.2, -0.15) is 13.2 Å². The predicted molar refractivity (Wildman–Crippen MR) is 56.2 cm³/mol. The van der Waals surface area contributed by atoms with Gasteiger partial charge in [0.25, 0.3) is 0 Å². The number of carboxylic acid groups (broad SMARTS) is 1. The summed E-state index contributed by atoms with van der Waals surface area (Å²) >= 11 is 0. The Morgan fingerprint density at radius 2 is 1.94 bits per heavy atom. The summed E-state index contributed by atoms with van der Waals surface area (Å²) in [6, 6.07) is 3.25. The number of para-hydroxylation sites is 1. The number of aromatic nitrogens is 2. The molecule has 0 spiro atoms. The van der Waals surface area contributed by atoms with Gasteiger partial charge in [-0.1, -0.05) is 12.1 Å². The SMILES string of the molecule is Cc1nc(C(=O)O)c2cccc(C(F)(F)F)c2n1. The lowest BCUT2D eigenvalue weighted by atomic mass is 10.1. The Balaban J connectivity index is 2.90. The summed E-state index contributed by atoms with van der Waals surface area (Å²) in [7, 11) is 0. The van der Waals surface area contributed by atoms with E-state index in [0.29, 0.717) is 0 Å². The minimum absolute atomic E-state index is 0.0170. The molecule has 0 aliphatic carbocycles. The van der Waals surface area contributed by atoms with Crippen LogP contribution < -0.4 is 0 Å². The Hall–Kier alpha value is -2.18. The average Bonchev–Trinajstić information content (AvgIpc) is 2.25. The number of aromatic carboxylic acids is 1. The number of nitrogens with zero attached hydrogens (tertiary/aromatic N) is 2. The molecule has 0 atom stereocenters. The van der Waals surface area contributed by atoms with Gasteiger partial charge in [0, 0.05) is 5.39 Å². The molecule has 1 N–H and O–H groups in total. The van der Waals surface area contributed by atoms with Crippen LogP contribution in [0.15, 0.2) is 18.2 Å². The van der Waals surface area contributed by atoms with Crippen molar-refractivity contribution in [2.45, 2.75) is 13.1 Å². The Kier molecular flexibility index (Phi) is 2.68. The number of alkyl halides is 3. The molecule has 0 amide bonds. The zero-order valence-electron chi connectivity index (χ0n) is 9.12. The summed E-state index contributed by atoms with van der Waals surface area (Å²) in [4.78, 5) is 18.3. The molecule has 0 fully saturated rings. The molecule has 94 valence electrons. The second-order valence-electron chi connectivity index (χ2n) is 3.62. The highest BCUT2D eigenvalue weighted by Gasteiger charge is 2.34. The highest BCUT2D eigenvalue weighted by atomic mass is 19.4. The summed E-state index contributed by atoms with van der Waals surface area (Å²) in [5.74, 6) is -1.40. The fraction of sp³-hybridized carbons (Fsp3) is 0.182. The molecule has 0 unspecified atom stereocenters. The van der Waals surface area contributed by atoms with Gasteiger partial charge in [0.05, 0.1) is 11.1 Å². The lowest BCUT2D eigenvalue weighted by molar-refractivity contribution is -0.136. The van der Waals surface area contributed by atoms with E-state index in [-0.39, 0.29) is 11.2 Å². The van der Waals surface area contributed by atoms with Crippen LogP contribution >= 0.6 is 0 Å². The van der Waals surface area contributed by atoms with Crippen LogP contribution in [0.2, 0.25) is 0 Å². The van der Waals surface area contributed by atoms with Crippen molar-refractivity contribution in [3.8, 4) is 0 Å². The molecule has 0 saturated carbocycles. The molecule has 0 saturated heterocycles. The van der Waals surface area contributed by atoms with Crippen LogP contribution in [0.4, 0.5) is 13.2 Å². The van der Waals surface area contributed by atoms with Crippen molar-refractivity contribution in [1.82, 2.24) is 9.97 Å². The van der Waals surface area contributed by atoms with E-state index in [9.17, 15) is 18.0 Å². The van der Waals surface area contributed by atoms with Crippen molar-refractivity contribution in [2.75, 3.05) is 0 Å². The lowest BCUT2D eigenvalue weighted by Gasteiger charge is -2.10. The van der Waals surface area contributed by atoms with Gasteiger partial charge in [-0.25, -0.2) is 14.8 Å². The number of carboxylic acids is 1. The third kappa shape index (κ3) is 1.99. The number of benzene rings is 1. The maximum atomic E-state index is 12.8. The molecule has 0 bridgehead atoms. The van der Waals surface area contributed by atoms with E-state index in [4.69, 9.17) is 5.11 Å². The van der Waals surface area contributed by atoms with Crippen molar-refractivity contribution in [1.29, 1.82) is 0 Å². The summed E-state index contributed by atoms with van der Waals surface area (Å²) < 4.78 is 38.3. The molecule has 0 aliphatic heterocycles. The first kappa shape index (κ1) is 12.3. The zero-order valence-corrected chi connectivity index (χ0v) is 9.12. The predicted octanol–water partition coefficient (Wildman–Crippen LogP) is 2.66. The van der Waals surface area contributed by atoms with Crippen LogP contribution in [0, 0.1) is 6.92 Å². The standard InChI is InChI=1S/C11H7F3N2O2/c1-5-15-8-6(9(16-5)10(17)18)3-2-4-7(8)11(12,13)14/h2-4H,1H3,(H,17,18). The van der Waals surface area contributed by atoms with Crippen LogP contribution in [0.5, 0.6) is 0 Å². The molecular formula is C11H7F3N2O2. The molecule has 2 aromatic rings. The van der Waals surface area contributed by atoms with Crippen LogP contribution in [0.1, 0.15) is 21.9 Å². The molecular weight excluding hydrogens is 249 g/mol. The monoisotopic (exact) mass is 256 g/mol. The largest absolute Gasteiger partial charge is 0.476 e. The van der Waals surface area contributed by atoms with Crippen LogP contribution in [-0.4, -0.2) is 21.0 Å². The van der Waals surface area contributed by atoms with Crippen LogP contribution in [-0.2, 0) is 6.18 Å². The fourth-order valence-electron chi connectivity index (χ4n) is 1.66. The maximum absolute atomic E-state index is 12.8. The third-order valence-corrected chi connectivity index (χ3v) is 2.35. The highest BCUT2D eigenvalue weighted by molar-refractivity contribution is 6.01. The first-order valence-corrected chi connectivity index (χ1v) is 4.88. The second kappa shape index (κ2) is 3.94. The Bertz CT molecular complexity index is 638. The summed E-state index contributed by atoms with van der Waals surface area (Å²) in [6.07, 6.45) is -4.59. The van der Waals surface area contributed by atoms with E-state index >= 15 is 0 Å². The molecule has 7 heteroatoms. The number of halogens is 3. The normalized spacial score (nSPS) is 11.8. The average molecular weight is 256 g/mol. The lowest BCUT2D eigenvalue weighted by Crippen LogP contribution is -2.10. The minimum atomic E-state index is -4.59. The Morgan fingerprint density at radius 1 is 1.28 bits per heavy atom. The second-order valence-corrected chi connectivity index (χ2v) is 3.62. The van der Waals surface area contributed by atoms with Crippen molar-refractivity contribution in [2.24, 2.45) is 0 Å². The molecule has 4 nitrogen and oxygen atoms in total. The van der Waals surface area contributed by atoms with Crippen molar-refractivity contribution >= 4 is 16.9 Å². The number of aryl methyl sites for hydroxylation is 1. The van der Waals surface area contributed by atoms with Gasteiger partial charge in [0.15, 0.2) is 5.69 Å². The molecule has 0 aliphatic rings. The van der Waals surface area contributed by atoms with Gasteiger partial charge in [-0.15, -0.1) is 0 Å². The third-order valence-electron chi connectivity index (χ3n) is 2.35. The van der Waals surface area contributed by atoms with Crippen molar-refractivity contribution in [3.05, 3.63) is 35.3 Å². The number of rotatable bonds is 1. The zero-order chi connectivity index (χ0) is 13.5. The maximum Gasteiger partial charge on any atom is 0.418 e. The Morgan fingerprint density at radius 3 is 2.50 bits per heavy atom. The van der Waals surface area contributed by atoms with Gasteiger partial charge in [-0.3, -0.25) is 0 Å². The smallest absolute Gasteiger partial charge is 0.418 e. The number of fused-ring (bicyclic) bond motifs is 1. The molecule has 1 aromatic heterocycles. The van der Waals surface area contributed by atoms with E-state index < -0.39 is 28.9 Å². The van der Waals surface area contributed by atoms with E-state index in [2.05, 4.69) is 9.97 Å². The first-order chi connectivity index (χ1) is 8.30. The van der Waals surface area contributed by atoms with Crippen LogP contribution in [0.3, 0.4) is 0 Å². The van der Waals surface area contributed by atoms with Gasteiger partial charge in [0.2, 0.25) is 0 Å². The van der Waals surface area contributed by atoms with Crippen molar-refractivity contribution < 1.29 is 23.1 Å². The topological polar surface area (TPSA) is 63.1 Å². The van der Waals surface area contributed by atoms with E-state index in [1.165, 1.54) is 13.0 Å². The molecule has 18 heavy (non-hydrogen) atoms. The summed E-state index contributed by atoms with van der Waals surface area (Å²) in [6.45, 7) is 1.35. The number of hydrogen-bond acceptors (Lipinski definition) is 3. The summed E-state index contributed by atoms with van der Waals surface area (Å²) in [5, 5.41) is 8.81. The minimum Gasteiger partial charge on any atom is -0.476 e. The highest BCUT2D eigenvalue weighted by Crippen LogP contribution is 2.34. The molecule has 1 heterocycles. The van der Waals surface area contributed by atoms with E-state index in [1.54, 1.807) is 0 Å². The molecule has 0 radical (unpaired) electrons. The van der Waals surface area contributed by atoms with E-state index in [0.717, 1.165) is 12.1 Å².